The number of benzene rings is 2. The van der Waals surface area contributed by atoms with Crippen molar-refractivity contribution < 1.29 is 14.4 Å². The second-order valence-corrected chi connectivity index (χ2v) is 8.51. The molecule has 2 fully saturated rings. The molecule has 1 saturated carbocycles. The third-order valence-electron chi connectivity index (χ3n) is 6.26. The predicted octanol–water partition coefficient (Wildman–Crippen LogP) is 4.84. The summed E-state index contributed by atoms with van der Waals surface area (Å²) in [5.41, 5.74) is 1.14. The van der Waals surface area contributed by atoms with E-state index in [1.807, 2.05) is 42.5 Å². The van der Waals surface area contributed by atoms with Gasteiger partial charge >= 0.3 is 0 Å². The van der Waals surface area contributed by atoms with Crippen LogP contribution in [0.5, 0.6) is 0 Å². The Hall–Kier alpha value is -3.21. The molecule has 1 aliphatic carbocycles. The van der Waals surface area contributed by atoms with Gasteiger partial charge in [0.15, 0.2) is 5.78 Å². The molecule has 1 unspecified atom stereocenters. The Balaban J connectivity index is 1.67. The van der Waals surface area contributed by atoms with Gasteiger partial charge < -0.3 is 5.32 Å². The molecule has 0 aromatic heterocycles. The van der Waals surface area contributed by atoms with Gasteiger partial charge in [-0.3, -0.25) is 19.3 Å². The molecule has 1 aliphatic heterocycles. The topological polar surface area (TPSA) is 66.5 Å². The third kappa shape index (κ3) is 4.46. The minimum Gasteiger partial charge on any atom is -0.368 e. The van der Waals surface area contributed by atoms with E-state index < -0.39 is 5.54 Å². The van der Waals surface area contributed by atoms with Crippen molar-refractivity contribution in [3.63, 3.8) is 0 Å². The maximum atomic E-state index is 13.7. The van der Waals surface area contributed by atoms with Gasteiger partial charge in [-0.2, -0.15) is 0 Å². The molecule has 5 nitrogen and oxygen atoms in total. The fraction of sp³-hybridized carbons (Fsp3) is 0.346. The number of nitrogens with one attached hydrogen (secondary N) is 1. The molecule has 160 valence electrons. The number of likely N-dealkylation sites (tertiary alicyclic amines) is 1. The molecule has 0 spiro atoms. The maximum Gasteiger partial charge on any atom is 0.259 e. The Kier molecular flexibility index (Phi) is 6.03. The van der Waals surface area contributed by atoms with Crippen molar-refractivity contribution in [2.75, 3.05) is 5.32 Å². The molecule has 1 heterocycles. The minimum absolute atomic E-state index is 0.0114. The molecule has 0 radical (unpaired) electrons. The molecule has 2 aliphatic rings. The van der Waals surface area contributed by atoms with Crippen LogP contribution in [0, 0.1) is 0 Å². The summed E-state index contributed by atoms with van der Waals surface area (Å²) in [6, 6.07) is 16.8. The summed E-state index contributed by atoms with van der Waals surface area (Å²) in [5.74, 6) is -0.324. The van der Waals surface area contributed by atoms with Crippen LogP contribution in [0.1, 0.15) is 61.4 Å². The molecule has 0 bridgehead atoms. The van der Waals surface area contributed by atoms with Crippen LogP contribution in [0.3, 0.4) is 0 Å². The zero-order chi connectivity index (χ0) is 21.8. The zero-order valence-electron chi connectivity index (χ0n) is 17.8. The Morgan fingerprint density at radius 2 is 1.68 bits per heavy atom. The van der Waals surface area contributed by atoms with Crippen molar-refractivity contribution in [3.05, 3.63) is 71.8 Å². The molecule has 1 N–H and O–H groups in total. The number of amides is 2. The van der Waals surface area contributed by atoms with Gasteiger partial charge in [-0.15, -0.1) is 0 Å². The van der Waals surface area contributed by atoms with Crippen molar-refractivity contribution >= 4 is 29.4 Å². The Bertz CT molecular complexity index is 991. The molecule has 2 aromatic rings. The highest BCUT2D eigenvalue weighted by atomic mass is 16.2. The van der Waals surface area contributed by atoms with E-state index in [2.05, 4.69) is 5.32 Å². The van der Waals surface area contributed by atoms with E-state index in [-0.39, 0.29) is 30.1 Å². The Morgan fingerprint density at radius 1 is 1.00 bits per heavy atom. The molecule has 5 heteroatoms. The van der Waals surface area contributed by atoms with Gasteiger partial charge in [0.05, 0.1) is 6.42 Å². The lowest BCUT2D eigenvalue weighted by molar-refractivity contribution is -0.142. The van der Waals surface area contributed by atoms with Gasteiger partial charge in [-0.25, -0.2) is 0 Å². The van der Waals surface area contributed by atoms with Crippen LogP contribution >= 0.6 is 0 Å². The number of carbonyl (C=O) groups excluding carboxylic acids is 3. The van der Waals surface area contributed by atoms with Crippen LogP contribution in [-0.4, -0.2) is 34.1 Å². The molecule has 1 saturated heterocycles. The van der Waals surface area contributed by atoms with Crippen molar-refractivity contribution in [1.29, 1.82) is 0 Å². The van der Waals surface area contributed by atoms with Gasteiger partial charge in [0.2, 0.25) is 5.91 Å². The average molecular weight is 417 g/mol. The standard InChI is InChI=1S/C26H28N2O3/c1-19(29)21-12-14-22(15-13-21)27-26(17-16-20-8-4-2-5-9-20)18-24(30)28(25(26)31)23-10-6-3-7-11-23/h2,4-5,8-9,12-17,23,27H,3,6-7,10-11,18H2,1H3/b17-16+. The molecule has 4 rings (SSSR count). The van der Waals surface area contributed by atoms with E-state index in [0.29, 0.717) is 11.3 Å². The third-order valence-corrected chi connectivity index (χ3v) is 6.26. The van der Waals surface area contributed by atoms with E-state index in [1.165, 1.54) is 11.8 Å². The van der Waals surface area contributed by atoms with Crippen LogP contribution in [0.4, 0.5) is 5.69 Å². The van der Waals surface area contributed by atoms with Crippen LogP contribution in [0.25, 0.3) is 6.08 Å². The largest absolute Gasteiger partial charge is 0.368 e. The summed E-state index contributed by atoms with van der Waals surface area (Å²) >= 11 is 0. The number of anilines is 1. The molecule has 2 aromatic carbocycles. The fourth-order valence-electron chi connectivity index (χ4n) is 4.55. The van der Waals surface area contributed by atoms with E-state index in [1.54, 1.807) is 24.3 Å². The Labute approximate surface area is 183 Å². The van der Waals surface area contributed by atoms with Crippen molar-refractivity contribution in [2.45, 2.75) is 57.0 Å². The number of ketones is 1. The fourth-order valence-corrected chi connectivity index (χ4v) is 4.55. The number of nitrogens with zero attached hydrogens (tertiary/aromatic N) is 1. The maximum absolute atomic E-state index is 13.7. The lowest BCUT2D eigenvalue weighted by Gasteiger charge is -2.32. The zero-order valence-corrected chi connectivity index (χ0v) is 17.8. The molecular formula is C26H28N2O3. The van der Waals surface area contributed by atoms with Gasteiger partial charge in [-0.05, 0) is 55.7 Å². The van der Waals surface area contributed by atoms with Crippen molar-refractivity contribution in [3.8, 4) is 0 Å². The normalized spacial score (nSPS) is 22.3. The number of rotatable bonds is 6. The average Bonchev–Trinajstić information content (AvgIpc) is 3.03. The molecule has 31 heavy (non-hydrogen) atoms. The van der Waals surface area contributed by atoms with Gasteiger partial charge in [-0.1, -0.05) is 55.7 Å². The lowest BCUT2D eigenvalue weighted by atomic mass is 9.93. The summed E-state index contributed by atoms with van der Waals surface area (Å²) in [6.07, 6.45) is 8.82. The quantitative estimate of drug-likeness (QED) is 0.540. The number of imide groups is 1. The van der Waals surface area contributed by atoms with Crippen LogP contribution in [-0.2, 0) is 9.59 Å². The number of carbonyl (C=O) groups is 3. The summed E-state index contributed by atoms with van der Waals surface area (Å²) in [5, 5.41) is 3.33. The number of hydrogen-bond acceptors (Lipinski definition) is 4. The van der Waals surface area contributed by atoms with E-state index in [0.717, 1.165) is 37.7 Å². The van der Waals surface area contributed by atoms with Gasteiger partial charge in [0, 0.05) is 17.3 Å². The first-order valence-electron chi connectivity index (χ1n) is 11.0. The first-order valence-corrected chi connectivity index (χ1v) is 11.0. The van der Waals surface area contributed by atoms with E-state index in [9.17, 15) is 14.4 Å². The first kappa shape index (κ1) is 21.0. The summed E-state index contributed by atoms with van der Waals surface area (Å²) < 4.78 is 0. The molecule has 2 amide bonds. The van der Waals surface area contributed by atoms with Gasteiger partial charge in [0.1, 0.15) is 5.54 Å². The van der Waals surface area contributed by atoms with Crippen molar-refractivity contribution in [1.82, 2.24) is 4.90 Å². The van der Waals surface area contributed by atoms with Crippen molar-refractivity contribution in [2.24, 2.45) is 0 Å². The van der Waals surface area contributed by atoms with E-state index >= 15 is 0 Å². The predicted molar refractivity (Wildman–Crippen MR) is 122 cm³/mol. The van der Waals surface area contributed by atoms with Crippen LogP contribution in [0.2, 0.25) is 0 Å². The summed E-state index contributed by atoms with van der Waals surface area (Å²) in [4.78, 5) is 39.8. The molecular weight excluding hydrogens is 388 g/mol. The highest BCUT2D eigenvalue weighted by Gasteiger charge is 2.52. The second kappa shape index (κ2) is 8.88. The highest BCUT2D eigenvalue weighted by Crippen LogP contribution is 2.35. The Morgan fingerprint density at radius 3 is 2.32 bits per heavy atom. The summed E-state index contributed by atoms with van der Waals surface area (Å²) in [7, 11) is 0. The molecule has 1 atom stereocenters. The minimum atomic E-state index is -1.14. The SMILES string of the molecule is CC(=O)c1ccc(NC2(/C=C/c3ccccc3)CC(=O)N(C3CCCCC3)C2=O)cc1. The second-order valence-electron chi connectivity index (χ2n) is 8.51. The highest BCUT2D eigenvalue weighted by molar-refractivity contribution is 6.12. The summed E-state index contributed by atoms with van der Waals surface area (Å²) in [6.45, 7) is 1.52. The van der Waals surface area contributed by atoms with E-state index in [4.69, 9.17) is 0 Å². The number of hydrogen-bond donors (Lipinski definition) is 1. The lowest BCUT2D eigenvalue weighted by Crippen LogP contribution is -2.48. The smallest absolute Gasteiger partial charge is 0.259 e. The first-order chi connectivity index (χ1) is 15.0. The van der Waals surface area contributed by atoms with Gasteiger partial charge in [0.25, 0.3) is 5.91 Å². The number of Topliss-reactive ketones (excluding diaryl/α,β-unsaturated/α-hetero) is 1. The van der Waals surface area contributed by atoms with Crippen LogP contribution < -0.4 is 5.32 Å². The van der Waals surface area contributed by atoms with Crippen LogP contribution in [0.15, 0.2) is 60.7 Å². The monoisotopic (exact) mass is 416 g/mol.